The fourth-order valence-electron chi connectivity index (χ4n) is 2.61. The van der Waals surface area contributed by atoms with Crippen LogP contribution in [0.15, 0.2) is 27.4 Å². The second-order valence-electron chi connectivity index (χ2n) is 5.83. The Morgan fingerprint density at radius 1 is 1.34 bits per heavy atom. The zero-order valence-electron chi connectivity index (χ0n) is 15.6. The Kier molecular flexibility index (Phi) is 6.59. The van der Waals surface area contributed by atoms with Crippen molar-refractivity contribution in [2.75, 3.05) is 36.1 Å². The first kappa shape index (κ1) is 21.3. The molecule has 10 nitrogen and oxygen atoms in total. The quantitative estimate of drug-likeness (QED) is 0.464. The molecule has 1 aromatic heterocycles. The summed E-state index contributed by atoms with van der Waals surface area (Å²) >= 11 is 2.09. The maximum absolute atomic E-state index is 12.8. The number of hydrogen-bond donors (Lipinski definition) is 1. The first-order valence-electron chi connectivity index (χ1n) is 8.38. The van der Waals surface area contributed by atoms with Crippen molar-refractivity contribution in [3.8, 4) is 5.75 Å². The molecular formula is C16H18N4O6S3. The summed E-state index contributed by atoms with van der Waals surface area (Å²) in [5.41, 5.74) is 0.407. The van der Waals surface area contributed by atoms with Gasteiger partial charge in [-0.05, 0) is 24.6 Å². The van der Waals surface area contributed by atoms with E-state index in [1.165, 1.54) is 37.3 Å². The van der Waals surface area contributed by atoms with Crippen LogP contribution in [0.25, 0.3) is 0 Å². The van der Waals surface area contributed by atoms with E-state index in [0.29, 0.717) is 35.2 Å². The molecule has 2 aromatic rings. The molecule has 0 radical (unpaired) electrons. The predicted octanol–water partition coefficient (Wildman–Crippen LogP) is 1.74. The van der Waals surface area contributed by atoms with Gasteiger partial charge in [-0.15, -0.1) is 10.2 Å². The summed E-state index contributed by atoms with van der Waals surface area (Å²) in [5.74, 6) is -0.0442. The molecule has 0 aliphatic carbocycles. The number of amides is 1. The Hall–Kier alpha value is -2.38. The van der Waals surface area contributed by atoms with Crippen molar-refractivity contribution in [3.63, 3.8) is 0 Å². The van der Waals surface area contributed by atoms with Gasteiger partial charge in [0, 0.05) is 13.0 Å². The zero-order chi connectivity index (χ0) is 21.0. The average molecular weight is 459 g/mol. The van der Waals surface area contributed by atoms with Crippen LogP contribution < -0.4 is 14.4 Å². The van der Waals surface area contributed by atoms with Gasteiger partial charge in [-0.1, -0.05) is 23.1 Å². The van der Waals surface area contributed by atoms with Gasteiger partial charge in [-0.2, -0.15) is 0 Å². The maximum Gasteiger partial charge on any atom is 0.316 e. The Balaban J connectivity index is 1.80. The molecule has 2 heterocycles. The molecular weight excluding hydrogens is 440 g/mol. The lowest BCUT2D eigenvalue weighted by atomic mass is 10.2. The van der Waals surface area contributed by atoms with Gasteiger partial charge >= 0.3 is 5.97 Å². The molecule has 0 bridgehead atoms. The Morgan fingerprint density at radius 3 is 2.79 bits per heavy atom. The van der Waals surface area contributed by atoms with Crippen LogP contribution in [0.3, 0.4) is 0 Å². The van der Waals surface area contributed by atoms with Gasteiger partial charge in [0.2, 0.25) is 11.0 Å². The van der Waals surface area contributed by atoms with Crippen LogP contribution in [-0.4, -0.2) is 57.0 Å². The minimum Gasteiger partial charge on any atom is -0.495 e. The number of benzene rings is 1. The highest BCUT2D eigenvalue weighted by Crippen LogP contribution is 2.34. The molecule has 0 spiro atoms. The van der Waals surface area contributed by atoms with E-state index in [-0.39, 0.29) is 21.7 Å². The van der Waals surface area contributed by atoms with E-state index in [4.69, 9.17) is 4.74 Å². The Labute approximate surface area is 175 Å². The summed E-state index contributed by atoms with van der Waals surface area (Å²) in [5, 5.41) is 7.70. The molecule has 156 valence electrons. The highest BCUT2D eigenvalue weighted by molar-refractivity contribution is 8.01. The van der Waals surface area contributed by atoms with Crippen molar-refractivity contribution in [1.82, 2.24) is 10.2 Å². The van der Waals surface area contributed by atoms with E-state index < -0.39 is 16.0 Å². The number of ether oxygens (including phenoxy) is 2. The lowest BCUT2D eigenvalue weighted by molar-refractivity contribution is -0.137. The third kappa shape index (κ3) is 4.97. The van der Waals surface area contributed by atoms with Gasteiger partial charge in [0.25, 0.3) is 10.0 Å². The fourth-order valence-corrected chi connectivity index (χ4v) is 5.45. The zero-order valence-corrected chi connectivity index (χ0v) is 18.0. The monoisotopic (exact) mass is 458 g/mol. The molecule has 13 heteroatoms. The number of thioether (sulfide) groups is 1. The standard InChI is InChI=1S/C16H18N4O6S3/c1-25-12-6-5-10(8-11(12)20-7-3-4-13(20)21)29(23,24)19-15-17-18-16(28-15)27-9-14(22)26-2/h5-6,8H,3-4,7,9H2,1-2H3,(H,17,19). The third-order valence-corrected chi connectivity index (χ3v) is 7.41. The van der Waals surface area contributed by atoms with Crippen molar-refractivity contribution in [3.05, 3.63) is 18.2 Å². The van der Waals surface area contributed by atoms with Crippen LogP contribution in [0, 0.1) is 0 Å². The van der Waals surface area contributed by atoms with Gasteiger partial charge in [0.1, 0.15) is 5.75 Å². The first-order valence-corrected chi connectivity index (χ1v) is 11.7. The lowest BCUT2D eigenvalue weighted by Crippen LogP contribution is -2.24. The second-order valence-corrected chi connectivity index (χ2v) is 9.71. The molecule has 0 atom stereocenters. The van der Waals surface area contributed by atoms with E-state index in [9.17, 15) is 18.0 Å². The summed E-state index contributed by atoms with van der Waals surface area (Å²) in [6.45, 7) is 0.503. The number of nitrogens with zero attached hydrogens (tertiary/aromatic N) is 3. The van der Waals surface area contributed by atoms with Gasteiger partial charge in [0.05, 0.1) is 30.6 Å². The van der Waals surface area contributed by atoms with E-state index in [1.54, 1.807) is 0 Å². The summed E-state index contributed by atoms with van der Waals surface area (Å²) in [6, 6.07) is 4.30. The van der Waals surface area contributed by atoms with Crippen LogP contribution >= 0.6 is 23.1 Å². The number of esters is 1. The SMILES string of the molecule is COC(=O)CSc1nnc(NS(=O)(=O)c2ccc(OC)c(N3CCCC3=O)c2)s1. The fraction of sp³-hybridized carbons (Fsp3) is 0.375. The molecule has 0 saturated carbocycles. The van der Waals surface area contributed by atoms with Crippen molar-refractivity contribution >= 4 is 55.8 Å². The van der Waals surface area contributed by atoms with Gasteiger partial charge < -0.3 is 14.4 Å². The lowest BCUT2D eigenvalue weighted by Gasteiger charge is -2.19. The number of carbonyl (C=O) groups excluding carboxylic acids is 2. The van der Waals surface area contributed by atoms with Crippen LogP contribution in [0.4, 0.5) is 10.8 Å². The van der Waals surface area contributed by atoms with E-state index in [1.807, 2.05) is 0 Å². The van der Waals surface area contributed by atoms with Crippen LogP contribution in [0.1, 0.15) is 12.8 Å². The third-order valence-electron chi connectivity index (χ3n) is 3.99. The molecule has 1 N–H and O–H groups in total. The summed E-state index contributed by atoms with van der Waals surface area (Å²) in [4.78, 5) is 24.8. The number of hydrogen-bond acceptors (Lipinski definition) is 10. The molecule has 1 saturated heterocycles. The molecule has 1 aliphatic heterocycles. The maximum atomic E-state index is 12.8. The second kappa shape index (κ2) is 8.97. The highest BCUT2D eigenvalue weighted by atomic mass is 32.2. The number of methoxy groups -OCH3 is 2. The molecule has 0 unspecified atom stereocenters. The molecule has 1 amide bonds. The number of nitrogens with one attached hydrogen (secondary N) is 1. The molecule has 1 aliphatic rings. The van der Waals surface area contributed by atoms with E-state index in [0.717, 1.165) is 23.1 Å². The van der Waals surface area contributed by atoms with Crippen LogP contribution in [0.5, 0.6) is 5.75 Å². The van der Waals surface area contributed by atoms with Crippen molar-refractivity contribution in [1.29, 1.82) is 0 Å². The molecule has 1 fully saturated rings. The number of anilines is 2. The summed E-state index contributed by atoms with van der Waals surface area (Å²) in [7, 11) is -1.23. The van der Waals surface area contributed by atoms with Gasteiger partial charge in [0.15, 0.2) is 4.34 Å². The topological polar surface area (TPSA) is 128 Å². The summed E-state index contributed by atoms with van der Waals surface area (Å²) < 4.78 is 38.2. The Bertz CT molecular complexity index is 1020. The minimum absolute atomic E-state index is 0.0352. The number of carbonyl (C=O) groups is 2. The van der Waals surface area contributed by atoms with Crippen molar-refractivity contribution < 1.29 is 27.5 Å². The molecule has 1 aromatic carbocycles. The van der Waals surface area contributed by atoms with E-state index >= 15 is 0 Å². The smallest absolute Gasteiger partial charge is 0.316 e. The number of sulfonamides is 1. The average Bonchev–Trinajstić information content (AvgIpc) is 3.33. The first-order chi connectivity index (χ1) is 13.8. The molecule has 29 heavy (non-hydrogen) atoms. The van der Waals surface area contributed by atoms with E-state index in [2.05, 4.69) is 19.7 Å². The number of rotatable bonds is 8. The largest absolute Gasteiger partial charge is 0.495 e. The van der Waals surface area contributed by atoms with Gasteiger partial charge in [-0.3, -0.25) is 14.3 Å². The minimum atomic E-state index is -3.97. The highest BCUT2D eigenvalue weighted by Gasteiger charge is 2.27. The normalized spacial score (nSPS) is 14.1. The van der Waals surface area contributed by atoms with Crippen LogP contribution in [-0.2, 0) is 24.3 Å². The Morgan fingerprint density at radius 2 is 2.14 bits per heavy atom. The predicted molar refractivity (Wildman–Crippen MR) is 108 cm³/mol. The van der Waals surface area contributed by atoms with Crippen LogP contribution in [0.2, 0.25) is 0 Å². The van der Waals surface area contributed by atoms with Crippen molar-refractivity contribution in [2.24, 2.45) is 0 Å². The summed E-state index contributed by atoms with van der Waals surface area (Å²) in [6.07, 6.45) is 1.11. The van der Waals surface area contributed by atoms with Crippen molar-refractivity contribution in [2.45, 2.75) is 22.1 Å². The van der Waals surface area contributed by atoms with Gasteiger partial charge in [-0.25, -0.2) is 8.42 Å². The number of aromatic nitrogens is 2. The molecule has 3 rings (SSSR count).